The summed E-state index contributed by atoms with van der Waals surface area (Å²) >= 11 is 0. The Morgan fingerprint density at radius 2 is 1.38 bits per heavy atom. The number of ether oxygens (including phenoxy) is 1. The van der Waals surface area contributed by atoms with Gasteiger partial charge in [0, 0.05) is 0 Å². The highest BCUT2D eigenvalue weighted by Gasteiger charge is 2.30. The van der Waals surface area contributed by atoms with E-state index < -0.39 is 6.36 Å². The van der Waals surface area contributed by atoms with E-state index in [1.807, 2.05) is 0 Å². The zero-order chi connectivity index (χ0) is 18.8. The van der Waals surface area contributed by atoms with E-state index in [0.717, 1.165) is 30.2 Å². The molecule has 0 N–H and O–H groups in total. The van der Waals surface area contributed by atoms with E-state index in [-0.39, 0.29) is 5.75 Å². The molecule has 0 saturated heterocycles. The Kier molecular flexibility index (Phi) is 8.80. The summed E-state index contributed by atoms with van der Waals surface area (Å²) in [4.78, 5) is 0. The van der Waals surface area contributed by atoms with Crippen LogP contribution in [0, 0.1) is 11.8 Å². The van der Waals surface area contributed by atoms with Crippen molar-refractivity contribution in [1.29, 1.82) is 0 Å². The summed E-state index contributed by atoms with van der Waals surface area (Å²) < 4.78 is 40.3. The van der Waals surface area contributed by atoms with Crippen LogP contribution in [0.2, 0.25) is 0 Å². The Balaban J connectivity index is 1.57. The van der Waals surface area contributed by atoms with E-state index in [0.29, 0.717) is 0 Å². The highest BCUT2D eigenvalue weighted by atomic mass is 19.4. The predicted octanol–water partition coefficient (Wildman–Crippen LogP) is 7.68. The van der Waals surface area contributed by atoms with Crippen molar-refractivity contribution in [1.82, 2.24) is 0 Å². The van der Waals surface area contributed by atoms with Crippen molar-refractivity contribution in [2.24, 2.45) is 11.8 Å². The molecule has 148 valence electrons. The molecular formula is C22H33F3O. The largest absolute Gasteiger partial charge is 0.573 e. The fourth-order valence-corrected chi connectivity index (χ4v) is 4.11. The van der Waals surface area contributed by atoms with Gasteiger partial charge in [-0.05, 0) is 42.4 Å². The molecule has 1 aliphatic carbocycles. The lowest BCUT2D eigenvalue weighted by Crippen LogP contribution is -2.17. The molecule has 0 radical (unpaired) electrons. The maximum atomic E-state index is 12.1. The molecule has 0 unspecified atom stereocenters. The summed E-state index contributed by atoms with van der Waals surface area (Å²) in [6, 6.07) is 6.29. The SMILES string of the molecule is CCCCC[C@H]1CC[C@H](CCCCc2ccc(OC(F)(F)F)cc2)CC1. The average Bonchev–Trinajstić information content (AvgIpc) is 2.60. The maximum absolute atomic E-state index is 12.1. The molecule has 0 amide bonds. The second-order valence-electron chi connectivity index (χ2n) is 7.82. The fraction of sp³-hybridized carbons (Fsp3) is 0.727. The van der Waals surface area contributed by atoms with Crippen LogP contribution in [0.5, 0.6) is 5.75 Å². The summed E-state index contributed by atoms with van der Waals surface area (Å²) in [6.07, 6.45) is 11.1. The lowest BCUT2D eigenvalue weighted by molar-refractivity contribution is -0.274. The molecule has 0 spiro atoms. The molecule has 1 aromatic carbocycles. The molecule has 1 fully saturated rings. The fourth-order valence-electron chi connectivity index (χ4n) is 4.11. The molecule has 26 heavy (non-hydrogen) atoms. The number of alkyl halides is 3. The Bertz CT molecular complexity index is 487. The normalized spacial score (nSPS) is 20.9. The first-order valence-corrected chi connectivity index (χ1v) is 10.3. The van der Waals surface area contributed by atoms with Crippen LogP contribution < -0.4 is 4.74 Å². The van der Waals surface area contributed by atoms with Crippen LogP contribution in [0.25, 0.3) is 0 Å². The third kappa shape index (κ3) is 8.46. The molecule has 0 bridgehead atoms. The van der Waals surface area contributed by atoms with Gasteiger partial charge in [-0.3, -0.25) is 0 Å². The quantitative estimate of drug-likeness (QED) is 0.384. The average molecular weight is 370 g/mol. The van der Waals surface area contributed by atoms with Gasteiger partial charge in [-0.25, -0.2) is 0 Å². The van der Waals surface area contributed by atoms with Crippen molar-refractivity contribution in [3.63, 3.8) is 0 Å². The number of benzene rings is 1. The number of halogens is 3. The molecule has 1 aliphatic rings. The number of unbranched alkanes of at least 4 members (excludes halogenated alkanes) is 3. The third-order valence-electron chi connectivity index (χ3n) is 5.67. The molecule has 0 atom stereocenters. The Morgan fingerprint density at radius 3 is 1.88 bits per heavy atom. The lowest BCUT2D eigenvalue weighted by atomic mass is 9.78. The summed E-state index contributed by atoms with van der Waals surface area (Å²) in [5.41, 5.74) is 1.08. The highest BCUT2D eigenvalue weighted by Crippen LogP contribution is 2.34. The molecule has 0 heterocycles. The first-order chi connectivity index (χ1) is 12.5. The van der Waals surface area contributed by atoms with Crippen LogP contribution in [0.1, 0.15) is 83.1 Å². The van der Waals surface area contributed by atoms with Gasteiger partial charge in [-0.2, -0.15) is 0 Å². The minimum absolute atomic E-state index is 0.142. The van der Waals surface area contributed by atoms with Crippen molar-refractivity contribution in [2.75, 3.05) is 0 Å². The Labute approximate surface area is 156 Å². The molecule has 0 aliphatic heterocycles. The van der Waals surface area contributed by atoms with Gasteiger partial charge in [0.1, 0.15) is 5.75 Å². The standard InChI is InChI=1S/C22H33F3O/c1-2-3-4-7-18-10-12-19(13-11-18)8-5-6-9-20-14-16-21(17-15-20)26-22(23,24)25/h14-19H,2-13H2,1H3/t18-,19-. The van der Waals surface area contributed by atoms with Gasteiger partial charge in [0.15, 0.2) is 0 Å². The van der Waals surface area contributed by atoms with Crippen molar-refractivity contribution >= 4 is 0 Å². The summed E-state index contributed by atoms with van der Waals surface area (Å²) in [5.74, 6) is 1.71. The van der Waals surface area contributed by atoms with Gasteiger partial charge in [0.2, 0.25) is 0 Å². The van der Waals surface area contributed by atoms with E-state index in [2.05, 4.69) is 11.7 Å². The minimum atomic E-state index is -4.61. The van der Waals surface area contributed by atoms with Gasteiger partial charge in [0.05, 0.1) is 0 Å². The third-order valence-corrected chi connectivity index (χ3v) is 5.67. The van der Waals surface area contributed by atoms with Crippen molar-refractivity contribution < 1.29 is 17.9 Å². The van der Waals surface area contributed by atoms with E-state index in [4.69, 9.17) is 0 Å². The zero-order valence-electron chi connectivity index (χ0n) is 16.0. The monoisotopic (exact) mass is 370 g/mol. The van der Waals surface area contributed by atoms with Gasteiger partial charge in [-0.15, -0.1) is 13.2 Å². The van der Waals surface area contributed by atoms with Gasteiger partial charge in [-0.1, -0.05) is 83.3 Å². The second kappa shape index (κ2) is 10.8. The maximum Gasteiger partial charge on any atom is 0.573 e. The Hall–Kier alpha value is -1.19. The van der Waals surface area contributed by atoms with Gasteiger partial charge < -0.3 is 4.74 Å². The minimum Gasteiger partial charge on any atom is -0.406 e. The van der Waals surface area contributed by atoms with Crippen molar-refractivity contribution in [3.05, 3.63) is 29.8 Å². The van der Waals surface area contributed by atoms with Crippen LogP contribution in [0.4, 0.5) is 13.2 Å². The molecule has 4 heteroatoms. The molecule has 1 aromatic rings. The van der Waals surface area contributed by atoms with Crippen LogP contribution >= 0.6 is 0 Å². The van der Waals surface area contributed by atoms with Crippen LogP contribution in [0.15, 0.2) is 24.3 Å². The van der Waals surface area contributed by atoms with E-state index in [1.54, 1.807) is 12.1 Å². The topological polar surface area (TPSA) is 9.23 Å². The van der Waals surface area contributed by atoms with Crippen LogP contribution in [-0.4, -0.2) is 6.36 Å². The summed E-state index contributed by atoms with van der Waals surface area (Å²) in [7, 11) is 0. The highest BCUT2D eigenvalue weighted by molar-refractivity contribution is 5.27. The molecule has 1 saturated carbocycles. The Morgan fingerprint density at radius 1 is 0.846 bits per heavy atom. The molecular weight excluding hydrogens is 337 g/mol. The van der Waals surface area contributed by atoms with E-state index >= 15 is 0 Å². The molecule has 0 aromatic heterocycles. The van der Waals surface area contributed by atoms with Crippen molar-refractivity contribution in [2.45, 2.75) is 90.3 Å². The zero-order valence-corrected chi connectivity index (χ0v) is 16.0. The summed E-state index contributed by atoms with van der Waals surface area (Å²) in [6.45, 7) is 2.27. The number of hydrogen-bond acceptors (Lipinski definition) is 1. The second-order valence-corrected chi connectivity index (χ2v) is 7.82. The predicted molar refractivity (Wildman–Crippen MR) is 100 cm³/mol. The molecule has 1 nitrogen and oxygen atoms in total. The van der Waals surface area contributed by atoms with Crippen LogP contribution in [0.3, 0.4) is 0 Å². The van der Waals surface area contributed by atoms with E-state index in [1.165, 1.54) is 76.3 Å². The van der Waals surface area contributed by atoms with Gasteiger partial charge >= 0.3 is 6.36 Å². The first kappa shape index (κ1) is 21.1. The first-order valence-electron chi connectivity index (χ1n) is 10.3. The lowest BCUT2D eigenvalue weighted by Gasteiger charge is -2.28. The molecule has 2 rings (SSSR count). The number of hydrogen-bond donors (Lipinski definition) is 0. The van der Waals surface area contributed by atoms with Crippen molar-refractivity contribution in [3.8, 4) is 5.75 Å². The summed E-state index contributed by atoms with van der Waals surface area (Å²) in [5, 5.41) is 0. The number of aryl methyl sites for hydroxylation is 1. The van der Waals surface area contributed by atoms with E-state index in [9.17, 15) is 13.2 Å². The smallest absolute Gasteiger partial charge is 0.406 e. The van der Waals surface area contributed by atoms with Gasteiger partial charge in [0.25, 0.3) is 0 Å². The number of rotatable bonds is 10. The van der Waals surface area contributed by atoms with Crippen LogP contribution in [-0.2, 0) is 6.42 Å².